The molecule has 0 unspecified atom stereocenters. The predicted molar refractivity (Wildman–Crippen MR) is 86.0 cm³/mol. The minimum Gasteiger partial charge on any atom is -0.468 e. The molecule has 0 heterocycles. The lowest BCUT2D eigenvalue weighted by molar-refractivity contribution is -0.149. The van der Waals surface area contributed by atoms with Crippen molar-refractivity contribution in [2.75, 3.05) is 7.11 Å². The van der Waals surface area contributed by atoms with Gasteiger partial charge in [-0.15, -0.1) is 0 Å². The normalized spacial score (nSPS) is 15.4. The van der Waals surface area contributed by atoms with Crippen LogP contribution in [0.2, 0.25) is 0 Å². The van der Waals surface area contributed by atoms with Crippen molar-refractivity contribution in [2.24, 2.45) is 11.7 Å². The second kappa shape index (κ2) is 6.27. The van der Waals surface area contributed by atoms with Crippen molar-refractivity contribution in [2.45, 2.75) is 32.2 Å². The van der Waals surface area contributed by atoms with Crippen LogP contribution in [-0.2, 0) is 16.0 Å². The average Bonchev–Trinajstić information content (AvgIpc) is 2.52. The fourth-order valence-electron chi connectivity index (χ4n) is 2.69. The molecule has 2 aromatic rings. The lowest BCUT2D eigenvalue weighted by Crippen LogP contribution is -2.55. The Morgan fingerprint density at radius 1 is 1.24 bits per heavy atom. The summed E-state index contributed by atoms with van der Waals surface area (Å²) in [6.45, 7) is 4.04. The van der Waals surface area contributed by atoms with E-state index in [4.69, 9.17) is 10.5 Å². The number of rotatable bonds is 5. The van der Waals surface area contributed by atoms with E-state index in [0.717, 1.165) is 17.4 Å². The van der Waals surface area contributed by atoms with Gasteiger partial charge in [0.05, 0.1) is 7.11 Å². The highest BCUT2D eigenvalue weighted by Gasteiger charge is 2.40. The summed E-state index contributed by atoms with van der Waals surface area (Å²) in [5.41, 5.74) is 6.48. The van der Waals surface area contributed by atoms with E-state index in [1.54, 1.807) is 0 Å². The maximum atomic E-state index is 12.2. The molecule has 2 rings (SSSR count). The molecule has 0 saturated heterocycles. The highest BCUT2D eigenvalue weighted by molar-refractivity contribution is 5.84. The van der Waals surface area contributed by atoms with E-state index in [9.17, 15) is 4.79 Å². The van der Waals surface area contributed by atoms with Crippen molar-refractivity contribution in [3.63, 3.8) is 0 Å². The molecule has 0 bridgehead atoms. The summed E-state index contributed by atoms with van der Waals surface area (Å²) in [6.07, 6.45) is 1.32. The Labute approximate surface area is 126 Å². The van der Waals surface area contributed by atoms with E-state index < -0.39 is 5.54 Å². The van der Waals surface area contributed by atoms with Crippen LogP contribution in [0.25, 0.3) is 10.8 Å². The fraction of sp³-hybridized carbons (Fsp3) is 0.389. The van der Waals surface area contributed by atoms with Crippen LogP contribution < -0.4 is 5.73 Å². The smallest absolute Gasteiger partial charge is 0.326 e. The Bertz CT molecular complexity index is 638. The van der Waals surface area contributed by atoms with E-state index in [1.165, 1.54) is 12.5 Å². The van der Waals surface area contributed by atoms with E-state index in [0.29, 0.717) is 6.42 Å². The van der Waals surface area contributed by atoms with Crippen LogP contribution in [0.1, 0.15) is 25.8 Å². The molecule has 112 valence electrons. The zero-order valence-electron chi connectivity index (χ0n) is 12.9. The molecule has 0 aromatic heterocycles. The summed E-state index contributed by atoms with van der Waals surface area (Å²) >= 11 is 0. The fourth-order valence-corrected chi connectivity index (χ4v) is 2.69. The SMILES string of the molecule is CC[C@H](C)[C@](N)(Cc1ccc2ccccc2c1)C(=O)OC. The molecule has 3 heteroatoms. The molecular formula is C18H23NO2. The standard InChI is InChI=1S/C18H23NO2/c1-4-13(2)18(19,17(20)21-3)12-14-9-10-15-7-5-6-8-16(15)11-14/h5-11,13H,4,12,19H2,1-3H3/t13-,18+/m0/s1. The number of fused-ring (bicyclic) bond motifs is 1. The van der Waals surface area contributed by atoms with Gasteiger partial charge in [0.1, 0.15) is 5.54 Å². The zero-order valence-corrected chi connectivity index (χ0v) is 12.9. The van der Waals surface area contributed by atoms with Gasteiger partial charge >= 0.3 is 5.97 Å². The third kappa shape index (κ3) is 3.08. The molecule has 2 atom stereocenters. The van der Waals surface area contributed by atoms with E-state index >= 15 is 0 Å². The largest absolute Gasteiger partial charge is 0.468 e. The molecule has 21 heavy (non-hydrogen) atoms. The molecular weight excluding hydrogens is 262 g/mol. The maximum Gasteiger partial charge on any atom is 0.326 e. The first-order chi connectivity index (χ1) is 10.0. The lowest BCUT2D eigenvalue weighted by atomic mass is 9.79. The Morgan fingerprint density at radius 2 is 1.90 bits per heavy atom. The Morgan fingerprint density at radius 3 is 2.52 bits per heavy atom. The first-order valence-electron chi connectivity index (χ1n) is 7.36. The number of methoxy groups -OCH3 is 1. The maximum absolute atomic E-state index is 12.2. The van der Waals surface area contributed by atoms with Crippen LogP contribution >= 0.6 is 0 Å². The Kier molecular flexibility index (Phi) is 4.63. The van der Waals surface area contributed by atoms with Crippen molar-refractivity contribution < 1.29 is 9.53 Å². The summed E-state index contributed by atoms with van der Waals surface area (Å²) in [6, 6.07) is 14.4. The number of nitrogens with two attached hydrogens (primary N) is 1. The lowest BCUT2D eigenvalue weighted by Gasteiger charge is -2.32. The number of ether oxygens (including phenoxy) is 1. The zero-order chi connectivity index (χ0) is 15.5. The Balaban J connectivity index is 2.36. The van der Waals surface area contributed by atoms with Crippen LogP contribution in [0.4, 0.5) is 0 Å². The number of esters is 1. The van der Waals surface area contributed by atoms with Crippen LogP contribution in [0.15, 0.2) is 42.5 Å². The molecule has 2 aromatic carbocycles. The topological polar surface area (TPSA) is 52.3 Å². The van der Waals surface area contributed by atoms with Crippen molar-refractivity contribution in [1.82, 2.24) is 0 Å². The van der Waals surface area contributed by atoms with E-state index in [2.05, 4.69) is 24.3 Å². The van der Waals surface area contributed by atoms with Gasteiger partial charge in [-0.1, -0.05) is 62.7 Å². The van der Waals surface area contributed by atoms with Gasteiger partial charge in [0.15, 0.2) is 0 Å². The minimum absolute atomic E-state index is 0.0522. The Hall–Kier alpha value is -1.87. The average molecular weight is 285 g/mol. The second-order valence-corrected chi connectivity index (χ2v) is 5.70. The van der Waals surface area contributed by atoms with Gasteiger partial charge in [-0.3, -0.25) is 4.79 Å². The van der Waals surface area contributed by atoms with Crippen LogP contribution in [0, 0.1) is 5.92 Å². The van der Waals surface area contributed by atoms with Crippen LogP contribution in [0.5, 0.6) is 0 Å². The number of benzene rings is 2. The highest BCUT2D eigenvalue weighted by atomic mass is 16.5. The van der Waals surface area contributed by atoms with Gasteiger partial charge in [0.2, 0.25) is 0 Å². The summed E-state index contributed by atoms with van der Waals surface area (Å²) in [5, 5.41) is 2.34. The van der Waals surface area contributed by atoms with Crippen molar-refractivity contribution in [3.05, 3.63) is 48.0 Å². The molecule has 3 nitrogen and oxygen atoms in total. The molecule has 0 spiro atoms. The van der Waals surface area contributed by atoms with Gasteiger partial charge in [-0.05, 0) is 22.3 Å². The van der Waals surface area contributed by atoms with Crippen molar-refractivity contribution >= 4 is 16.7 Å². The summed E-state index contributed by atoms with van der Waals surface area (Å²) < 4.78 is 4.93. The van der Waals surface area contributed by atoms with Crippen LogP contribution in [0.3, 0.4) is 0 Å². The van der Waals surface area contributed by atoms with Crippen molar-refractivity contribution in [3.8, 4) is 0 Å². The van der Waals surface area contributed by atoms with E-state index in [-0.39, 0.29) is 11.9 Å². The minimum atomic E-state index is -0.980. The summed E-state index contributed by atoms with van der Waals surface area (Å²) in [5.74, 6) is -0.290. The van der Waals surface area contributed by atoms with Crippen LogP contribution in [-0.4, -0.2) is 18.6 Å². The second-order valence-electron chi connectivity index (χ2n) is 5.70. The molecule has 0 saturated carbocycles. The molecule has 0 amide bonds. The number of hydrogen-bond acceptors (Lipinski definition) is 3. The number of hydrogen-bond donors (Lipinski definition) is 1. The monoisotopic (exact) mass is 285 g/mol. The molecule has 0 aliphatic heterocycles. The van der Waals surface area contributed by atoms with E-state index in [1.807, 2.05) is 32.0 Å². The van der Waals surface area contributed by atoms with Gasteiger partial charge in [-0.2, -0.15) is 0 Å². The highest BCUT2D eigenvalue weighted by Crippen LogP contribution is 2.26. The van der Waals surface area contributed by atoms with Gasteiger partial charge in [0, 0.05) is 6.42 Å². The summed E-state index contributed by atoms with van der Waals surface area (Å²) in [7, 11) is 1.40. The quantitative estimate of drug-likeness (QED) is 0.858. The van der Waals surface area contributed by atoms with Crippen molar-refractivity contribution in [1.29, 1.82) is 0 Å². The number of carbonyl (C=O) groups excluding carboxylic acids is 1. The molecule has 0 aliphatic carbocycles. The van der Waals surface area contributed by atoms with Gasteiger partial charge < -0.3 is 10.5 Å². The number of carbonyl (C=O) groups is 1. The molecule has 0 radical (unpaired) electrons. The molecule has 0 fully saturated rings. The third-order valence-corrected chi connectivity index (χ3v) is 4.37. The van der Waals surface area contributed by atoms with Gasteiger partial charge in [0.25, 0.3) is 0 Å². The molecule has 2 N–H and O–H groups in total. The first kappa shape index (κ1) is 15.5. The third-order valence-electron chi connectivity index (χ3n) is 4.37. The molecule has 0 aliphatic rings. The van der Waals surface area contributed by atoms with Gasteiger partial charge in [-0.25, -0.2) is 0 Å². The predicted octanol–water partition coefficient (Wildman–Crippen LogP) is 3.30. The summed E-state index contributed by atoms with van der Waals surface area (Å²) in [4.78, 5) is 12.2. The first-order valence-corrected chi connectivity index (χ1v) is 7.36.